The van der Waals surface area contributed by atoms with E-state index in [9.17, 15) is 9.59 Å². The second kappa shape index (κ2) is 11.6. The van der Waals surface area contributed by atoms with Gasteiger partial charge in [-0.05, 0) is 36.3 Å². The molecule has 0 aromatic heterocycles. The summed E-state index contributed by atoms with van der Waals surface area (Å²) in [7, 11) is 3.65. The standard InChI is InChI=1S/C19H26BO2.C3H6O2.Ar/c1-13(22-18(21)14-7-5-4-6-8-14)15-9-10-17-16(11-15)19(2,3)12-20-17;1-3(4)5-2;/h9-11,13-14H,4-8,12H2,1-3H3;1-2H3;. The van der Waals surface area contributed by atoms with E-state index in [2.05, 4.69) is 44.1 Å². The Morgan fingerprint density at radius 2 is 1.79 bits per heavy atom. The fraction of sp³-hybridized carbons (Fsp3) is 0.636. The summed E-state index contributed by atoms with van der Waals surface area (Å²) in [5, 5.41) is 0. The number of esters is 2. The zero-order valence-electron chi connectivity index (χ0n) is 17.7. The Morgan fingerprint density at radius 3 is 2.36 bits per heavy atom. The Kier molecular flexibility index (Phi) is 10.6. The van der Waals surface area contributed by atoms with Gasteiger partial charge in [-0.25, -0.2) is 0 Å². The molecule has 155 valence electrons. The molecule has 1 saturated carbocycles. The van der Waals surface area contributed by atoms with Crippen molar-refractivity contribution < 1.29 is 56.8 Å². The van der Waals surface area contributed by atoms with Crippen LogP contribution in [0, 0.1) is 43.7 Å². The summed E-state index contributed by atoms with van der Waals surface area (Å²) in [6, 6.07) is 6.51. The number of rotatable bonds is 3. The maximum atomic E-state index is 12.3. The van der Waals surface area contributed by atoms with Crippen LogP contribution in [0.25, 0.3) is 0 Å². The third kappa shape index (κ3) is 7.07. The second-order valence-electron chi connectivity index (χ2n) is 8.25. The molecule has 0 N–H and O–H groups in total. The van der Waals surface area contributed by atoms with Gasteiger partial charge in [0.15, 0.2) is 7.28 Å². The molecule has 1 aliphatic carbocycles. The average molecular weight is 411 g/mol. The van der Waals surface area contributed by atoms with Crippen molar-refractivity contribution in [2.45, 2.75) is 77.6 Å². The maximum absolute atomic E-state index is 12.3. The van der Waals surface area contributed by atoms with Crippen LogP contribution >= 0.6 is 0 Å². The van der Waals surface area contributed by atoms with E-state index in [4.69, 9.17) is 4.74 Å². The number of carbonyl (C=O) groups is 2. The molecule has 1 aromatic rings. The summed E-state index contributed by atoms with van der Waals surface area (Å²) in [5.74, 6) is -0.126. The minimum absolute atomic E-state index is 0. The third-order valence-electron chi connectivity index (χ3n) is 5.63. The van der Waals surface area contributed by atoms with Gasteiger partial charge in [-0.3, -0.25) is 9.59 Å². The first kappa shape index (κ1) is 25.5. The first-order chi connectivity index (χ1) is 12.7. The maximum Gasteiger partial charge on any atom is 0.309 e. The number of carbonyl (C=O) groups excluding carboxylic acids is 2. The quantitative estimate of drug-likeness (QED) is 0.556. The molecule has 4 nitrogen and oxygen atoms in total. The van der Waals surface area contributed by atoms with Crippen LogP contribution in [0.5, 0.6) is 0 Å². The zero-order chi connectivity index (χ0) is 20.0. The van der Waals surface area contributed by atoms with Crippen LogP contribution in [0.2, 0.25) is 6.32 Å². The van der Waals surface area contributed by atoms with Crippen LogP contribution in [0.15, 0.2) is 18.2 Å². The minimum Gasteiger partial charge on any atom is -0.469 e. The van der Waals surface area contributed by atoms with Crippen LogP contribution in [-0.2, 0) is 24.5 Å². The number of fused-ring (bicyclic) bond motifs is 1. The Bertz CT molecular complexity index is 669. The molecule has 1 heterocycles. The van der Waals surface area contributed by atoms with Crippen molar-refractivity contribution in [2.75, 3.05) is 7.11 Å². The van der Waals surface area contributed by atoms with Crippen LogP contribution in [-0.4, -0.2) is 26.3 Å². The fourth-order valence-electron chi connectivity index (χ4n) is 3.74. The van der Waals surface area contributed by atoms with Gasteiger partial charge in [-0.2, -0.15) is 0 Å². The van der Waals surface area contributed by atoms with Crippen molar-refractivity contribution in [3.63, 3.8) is 0 Å². The average Bonchev–Trinajstić information content (AvgIpc) is 2.97. The van der Waals surface area contributed by atoms with Gasteiger partial charge >= 0.3 is 11.9 Å². The van der Waals surface area contributed by atoms with E-state index in [-0.39, 0.29) is 67.1 Å². The number of hydrogen-bond acceptors (Lipinski definition) is 4. The Balaban J connectivity index is 0.000000584. The van der Waals surface area contributed by atoms with Gasteiger partial charge in [0, 0.05) is 44.7 Å². The van der Waals surface area contributed by atoms with Gasteiger partial charge in [0.05, 0.1) is 13.0 Å². The molecule has 1 aliphatic heterocycles. The van der Waals surface area contributed by atoms with E-state index in [1.165, 1.54) is 31.5 Å². The Hall–Kier alpha value is -0.515. The van der Waals surface area contributed by atoms with Crippen LogP contribution in [0.4, 0.5) is 0 Å². The number of ether oxygens (including phenoxy) is 2. The van der Waals surface area contributed by atoms with Crippen LogP contribution in [0.3, 0.4) is 0 Å². The molecule has 2 aliphatic rings. The van der Waals surface area contributed by atoms with Gasteiger partial charge in [-0.15, -0.1) is 0 Å². The molecule has 3 rings (SSSR count). The number of benzene rings is 1. The molecule has 1 aromatic carbocycles. The van der Waals surface area contributed by atoms with E-state index in [0.29, 0.717) is 0 Å². The first-order valence-electron chi connectivity index (χ1n) is 9.97. The van der Waals surface area contributed by atoms with Gasteiger partial charge in [0.1, 0.15) is 6.10 Å². The van der Waals surface area contributed by atoms with E-state index >= 15 is 0 Å². The van der Waals surface area contributed by atoms with E-state index in [1.807, 2.05) is 6.92 Å². The molecule has 28 heavy (non-hydrogen) atoms. The van der Waals surface area contributed by atoms with Gasteiger partial charge in [0.2, 0.25) is 0 Å². The van der Waals surface area contributed by atoms with E-state index in [1.54, 1.807) is 0 Å². The molecule has 1 fully saturated rings. The van der Waals surface area contributed by atoms with Gasteiger partial charge in [-0.1, -0.05) is 63.1 Å². The van der Waals surface area contributed by atoms with Crippen molar-refractivity contribution in [1.82, 2.24) is 0 Å². The molecule has 6 heteroatoms. The fourth-order valence-corrected chi connectivity index (χ4v) is 3.74. The van der Waals surface area contributed by atoms with Crippen molar-refractivity contribution in [2.24, 2.45) is 5.92 Å². The predicted octanol–water partition coefficient (Wildman–Crippen LogP) is 4.09. The summed E-state index contributed by atoms with van der Waals surface area (Å²) in [6.07, 6.45) is 6.51. The topological polar surface area (TPSA) is 52.6 Å². The van der Waals surface area contributed by atoms with Crippen LogP contribution < -0.4 is 5.46 Å². The summed E-state index contributed by atoms with van der Waals surface area (Å²) in [5.41, 5.74) is 4.02. The smallest absolute Gasteiger partial charge is 0.309 e. The largest absolute Gasteiger partial charge is 0.469 e. The normalized spacial score (nSPS) is 18.3. The third-order valence-corrected chi connectivity index (χ3v) is 5.63. The molecule has 1 atom stereocenters. The van der Waals surface area contributed by atoms with Gasteiger partial charge in [0.25, 0.3) is 0 Å². The summed E-state index contributed by atoms with van der Waals surface area (Å²) < 4.78 is 9.87. The predicted molar refractivity (Wildman–Crippen MR) is 108 cm³/mol. The summed E-state index contributed by atoms with van der Waals surface area (Å²) in [4.78, 5) is 21.9. The molecule has 0 saturated heterocycles. The molecular formula is C22H32ArBO4. The monoisotopic (exact) mass is 411 g/mol. The molecular weight excluding hydrogens is 379 g/mol. The number of methoxy groups -OCH3 is 1. The van der Waals surface area contributed by atoms with Crippen molar-refractivity contribution in [3.05, 3.63) is 29.3 Å². The molecule has 1 radical (unpaired) electrons. The molecule has 1 unspecified atom stereocenters. The van der Waals surface area contributed by atoms with E-state index < -0.39 is 0 Å². The SMILES string of the molecule is CC(OC(=O)C1CCCCC1)c1ccc2c(c1)C(C)(C)C[B]2.COC(C)=O.[Ar]. The van der Waals surface area contributed by atoms with Crippen molar-refractivity contribution >= 4 is 24.7 Å². The summed E-state index contributed by atoms with van der Waals surface area (Å²) >= 11 is 0. The zero-order valence-corrected chi connectivity index (χ0v) is 18.4. The molecule has 0 amide bonds. The second-order valence-corrected chi connectivity index (χ2v) is 8.25. The Morgan fingerprint density at radius 1 is 1.18 bits per heavy atom. The van der Waals surface area contributed by atoms with Crippen molar-refractivity contribution in [1.29, 1.82) is 0 Å². The summed E-state index contributed by atoms with van der Waals surface area (Å²) in [6.45, 7) is 7.91. The van der Waals surface area contributed by atoms with Crippen molar-refractivity contribution in [3.8, 4) is 0 Å². The minimum atomic E-state index is -0.245. The molecule has 0 spiro atoms. The first-order valence-corrected chi connectivity index (χ1v) is 9.97. The molecule has 0 bridgehead atoms. The van der Waals surface area contributed by atoms with Gasteiger partial charge < -0.3 is 9.47 Å². The van der Waals surface area contributed by atoms with E-state index in [0.717, 1.165) is 37.6 Å². The Labute approximate surface area is 200 Å². The number of hydrogen-bond donors (Lipinski definition) is 0. The van der Waals surface area contributed by atoms with Crippen LogP contribution in [0.1, 0.15) is 77.0 Å².